The molecule has 0 aliphatic carbocycles. The van der Waals surface area contributed by atoms with Crippen molar-refractivity contribution in [2.45, 2.75) is 19.8 Å². The van der Waals surface area contributed by atoms with E-state index in [1.54, 1.807) is 25.3 Å². The number of nitrogens with zero attached hydrogens (tertiary/aromatic N) is 4. The molecule has 3 heterocycles. The highest BCUT2D eigenvalue weighted by molar-refractivity contribution is 8.26. The second-order valence-corrected chi connectivity index (χ2v) is 8.17. The van der Waals surface area contributed by atoms with Crippen molar-refractivity contribution in [2.24, 2.45) is 10.1 Å². The lowest BCUT2D eigenvalue weighted by Crippen LogP contribution is -2.35. The summed E-state index contributed by atoms with van der Waals surface area (Å²) in [5.74, 6) is 0.574. The number of carbonyl (C=O) groups excluding carboxylic acids is 1. The first-order valence-electron chi connectivity index (χ1n) is 9.55. The number of amides is 1. The lowest BCUT2D eigenvalue weighted by Gasteiger charge is -2.20. The van der Waals surface area contributed by atoms with Gasteiger partial charge in [-0.2, -0.15) is 15.1 Å². The number of aromatic nitrogens is 1. The van der Waals surface area contributed by atoms with E-state index in [2.05, 4.69) is 17.0 Å². The van der Waals surface area contributed by atoms with Gasteiger partial charge in [0.25, 0.3) is 5.91 Å². The molecule has 0 unspecified atom stereocenters. The van der Waals surface area contributed by atoms with Crippen LogP contribution < -0.4 is 9.47 Å². The van der Waals surface area contributed by atoms with E-state index in [0.717, 1.165) is 17.9 Å². The number of methoxy groups -OCH3 is 2. The second kappa shape index (κ2) is 8.60. The highest BCUT2D eigenvalue weighted by Gasteiger charge is 2.35. The maximum Gasteiger partial charge on any atom is 0.283 e. The molecule has 160 valence electrons. The molecule has 0 fully saturated rings. The van der Waals surface area contributed by atoms with E-state index in [9.17, 15) is 4.79 Å². The molecule has 1 amide bonds. The molecule has 0 saturated carbocycles. The monoisotopic (exact) mass is 457 g/mol. The van der Waals surface area contributed by atoms with Crippen LogP contribution in [0.4, 0.5) is 0 Å². The van der Waals surface area contributed by atoms with Crippen LogP contribution >= 0.6 is 23.4 Å². The van der Waals surface area contributed by atoms with Gasteiger partial charge in [-0.1, -0.05) is 18.5 Å². The number of fused-ring (bicyclic) bond motifs is 1. The Morgan fingerprint density at radius 1 is 1.26 bits per heavy atom. The zero-order chi connectivity index (χ0) is 22.1. The maximum absolute atomic E-state index is 12.7. The summed E-state index contributed by atoms with van der Waals surface area (Å²) in [6, 6.07) is 7.09. The zero-order valence-electron chi connectivity index (χ0n) is 17.2. The SMILES string of the molecule is CCCC1=NN2C(=N)/C(=C/c3cccn3-c3cc(Cl)c(OC)cc3OC)C(=O)N=C2S1. The molecular weight excluding hydrogens is 438 g/mol. The number of amidine groups is 2. The number of ether oxygens (including phenoxy) is 2. The van der Waals surface area contributed by atoms with Crippen LogP contribution in [0.2, 0.25) is 5.02 Å². The molecule has 1 aromatic carbocycles. The van der Waals surface area contributed by atoms with Crippen molar-refractivity contribution in [2.75, 3.05) is 14.2 Å². The Balaban J connectivity index is 1.75. The Morgan fingerprint density at radius 2 is 2.03 bits per heavy atom. The number of hydrogen-bond acceptors (Lipinski definition) is 6. The molecule has 0 radical (unpaired) electrons. The molecule has 2 aliphatic rings. The Kier molecular flexibility index (Phi) is 5.88. The topological polar surface area (TPSA) is 92.3 Å². The van der Waals surface area contributed by atoms with E-state index in [4.69, 9.17) is 26.5 Å². The normalized spacial score (nSPS) is 17.0. The van der Waals surface area contributed by atoms with Crippen LogP contribution in [0.1, 0.15) is 25.5 Å². The fraction of sp³-hybridized carbons (Fsp3) is 0.238. The van der Waals surface area contributed by atoms with Crippen molar-refractivity contribution >= 4 is 51.4 Å². The average molecular weight is 458 g/mol. The van der Waals surface area contributed by atoms with Gasteiger partial charge in [0.05, 0.1) is 30.5 Å². The summed E-state index contributed by atoms with van der Waals surface area (Å²) in [6.45, 7) is 2.05. The first-order valence-corrected chi connectivity index (χ1v) is 10.7. The lowest BCUT2D eigenvalue weighted by atomic mass is 10.1. The Hall–Kier alpha value is -3.04. The van der Waals surface area contributed by atoms with Crippen molar-refractivity contribution in [3.63, 3.8) is 0 Å². The van der Waals surface area contributed by atoms with E-state index < -0.39 is 5.91 Å². The summed E-state index contributed by atoms with van der Waals surface area (Å²) in [5, 5.41) is 16.1. The maximum atomic E-state index is 12.7. The average Bonchev–Trinajstić information content (AvgIpc) is 3.38. The number of carbonyl (C=O) groups is 1. The van der Waals surface area contributed by atoms with E-state index in [0.29, 0.717) is 33.1 Å². The first-order chi connectivity index (χ1) is 15.0. The third-order valence-corrected chi connectivity index (χ3v) is 6.01. The van der Waals surface area contributed by atoms with Gasteiger partial charge in [-0.3, -0.25) is 10.2 Å². The molecule has 1 aromatic heterocycles. The van der Waals surface area contributed by atoms with Crippen LogP contribution in [-0.4, -0.2) is 45.7 Å². The van der Waals surface area contributed by atoms with Crippen molar-refractivity contribution in [3.05, 3.63) is 46.8 Å². The molecule has 0 spiro atoms. The van der Waals surface area contributed by atoms with Crippen LogP contribution in [0, 0.1) is 5.41 Å². The molecule has 4 rings (SSSR count). The predicted octanol–water partition coefficient (Wildman–Crippen LogP) is 4.57. The van der Waals surface area contributed by atoms with Crippen molar-refractivity contribution < 1.29 is 14.3 Å². The molecule has 2 aliphatic heterocycles. The molecule has 31 heavy (non-hydrogen) atoms. The largest absolute Gasteiger partial charge is 0.495 e. The number of benzene rings is 1. The summed E-state index contributed by atoms with van der Waals surface area (Å²) in [4.78, 5) is 16.8. The number of hydrazone groups is 1. The van der Waals surface area contributed by atoms with Gasteiger partial charge >= 0.3 is 0 Å². The summed E-state index contributed by atoms with van der Waals surface area (Å²) >= 11 is 7.66. The number of nitrogens with one attached hydrogen (secondary N) is 1. The van der Waals surface area contributed by atoms with Gasteiger partial charge in [-0.15, -0.1) is 0 Å². The molecule has 0 atom stereocenters. The van der Waals surface area contributed by atoms with Crippen molar-refractivity contribution in [3.8, 4) is 17.2 Å². The summed E-state index contributed by atoms with van der Waals surface area (Å²) in [7, 11) is 3.09. The van der Waals surface area contributed by atoms with Gasteiger partial charge in [-0.25, -0.2) is 0 Å². The minimum absolute atomic E-state index is 0.00100. The molecule has 0 saturated heterocycles. The standard InChI is InChI=1S/C21H20ClN5O3S/c1-4-6-18-25-27-19(23)13(20(28)24-21(27)31-18)9-12-7-5-8-26(12)15-10-14(22)16(29-2)11-17(15)30-3/h5,7-11,23H,4,6H2,1-3H3/b13-9-,23-19?. The fourth-order valence-electron chi connectivity index (χ4n) is 3.26. The molecule has 8 nitrogen and oxygen atoms in total. The number of halogens is 1. The van der Waals surface area contributed by atoms with Gasteiger partial charge in [-0.05, 0) is 48.9 Å². The smallest absolute Gasteiger partial charge is 0.283 e. The van der Waals surface area contributed by atoms with Crippen LogP contribution in [-0.2, 0) is 4.79 Å². The summed E-state index contributed by atoms with van der Waals surface area (Å²) < 4.78 is 12.6. The molecule has 1 N–H and O–H groups in total. The van der Waals surface area contributed by atoms with Crippen molar-refractivity contribution in [1.82, 2.24) is 9.58 Å². The molecular formula is C21H20ClN5O3S. The van der Waals surface area contributed by atoms with E-state index >= 15 is 0 Å². The minimum atomic E-state index is -0.468. The quantitative estimate of drug-likeness (QED) is 0.641. The Labute approximate surface area is 188 Å². The van der Waals surface area contributed by atoms with Crippen LogP contribution in [0.3, 0.4) is 0 Å². The highest BCUT2D eigenvalue weighted by atomic mass is 35.5. The summed E-state index contributed by atoms with van der Waals surface area (Å²) in [6.07, 6.45) is 5.15. The zero-order valence-corrected chi connectivity index (χ0v) is 18.8. The molecule has 0 bridgehead atoms. The van der Waals surface area contributed by atoms with Gasteiger partial charge < -0.3 is 14.0 Å². The number of rotatable bonds is 6. The highest BCUT2D eigenvalue weighted by Crippen LogP contribution is 2.36. The third kappa shape index (κ3) is 3.86. The Bertz CT molecular complexity index is 1170. The predicted molar refractivity (Wildman–Crippen MR) is 124 cm³/mol. The van der Waals surface area contributed by atoms with Gasteiger partial charge in [0.2, 0.25) is 5.17 Å². The van der Waals surface area contributed by atoms with Crippen molar-refractivity contribution in [1.29, 1.82) is 5.41 Å². The third-order valence-electron chi connectivity index (χ3n) is 4.75. The second-order valence-electron chi connectivity index (χ2n) is 6.73. The van der Waals surface area contributed by atoms with E-state index in [-0.39, 0.29) is 11.4 Å². The summed E-state index contributed by atoms with van der Waals surface area (Å²) in [5.41, 5.74) is 1.49. The first kappa shape index (κ1) is 21.2. The van der Waals surface area contributed by atoms with E-state index in [1.807, 2.05) is 22.9 Å². The van der Waals surface area contributed by atoms with Gasteiger partial charge in [0, 0.05) is 18.0 Å². The van der Waals surface area contributed by atoms with E-state index in [1.165, 1.54) is 23.9 Å². The lowest BCUT2D eigenvalue weighted by molar-refractivity contribution is -0.114. The number of aliphatic imine (C=N–C) groups is 1. The fourth-order valence-corrected chi connectivity index (χ4v) is 4.48. The van der Waals surface area contributed by atoms with Gasteiger partial charge in [0.15, 0.2) is 5.84 Å². The van der Waals surface area contributed by atoms with Crippen LogP contribution in [0.25, 0.3) is 11.8 Å². The van der Waals surface area contributed by atoms with Crippen LogP contribution in [0.15, 0.2) is 46.1 Å². The Morgan fingerprint density at radius 3 is 2.74 bits per heavy atom. The van der Waals surface area contributed by atoms with Gasteiger partial charge in [0.1, 0.15) is 16.5 Å². The molecule has 2 aromatic rings. The number of thioether (sulfide) groups is 1. The molecule has 10 heteroatoms. The van der Waals surface area contributed by atoms with Crippen LogP contribution in [0.5, 0.6) is 11.5 Å². The minimum Gasteiger partial charge on any atom is -0.495 e. The number of hydrogen-bond donors (Lipinski definition) is 1.